The first kappa shape index (κ1) is 13.0. The van der Waals surface area contributed by atoms with Gasteiger partial charge >= 0.3 is 0 Å². The highest BCUT2D eigenvalue weighted by Crippen LogP contribution is 2.30. The fraction of sp³-hybridized carbons (Fsp3) is 0.500. The van der Waals surface area contributed by atoms with E-state index in [9.17, 15) is 8.78 Å². The van der Waals surface area contributed by atoms with Crippen molar-refractivity contribution in [1.82, 2.24) is 4.90 Å². The van der Waals surface area contributed by atoms with Crippen LogP contribution in [0.15, 0.2) is 18.2 Å². The molecule has 0 aliphatic heterocycles. The van der Waals surface area contributed by atoms with Crippen molar-refractivity contribution in [3.8, 4) is 6.07 Å². The lowest BCUT2D eigenvalue weighted by Gasteiger charge is -2.21. The average molecular weight is 250 g/mol. The number of halogens is 2. The van der Waals surface area contributed by atoms with E-state index >= 15 is 0 Å². The lowest BCUT2D eigenvalue weighted by Crippen LogP contribution is -2.27. The van der Waals surface area contributed by atoms with Crippen LogP contribution in [0.2, 0.25) is 0 Å². The maximum absolute atomic E-state index is 13.6. The molecule has 1 aromatic carbocycles. The minimum atomic E-state index is -0.507. The Kier molecular flexibility index (Phi) is 4.27. The zero-order chi connectivity index (χ0) is 13.0. The second kappa shape index (κ2) is 5.92. The Bertz CT molecular complexity index is 429. The molecule has 4 heteroatoms. The van der Waals surface area contributed by atoms with E-state index in [0.29, 0.717) is 18.9 Å². The molecule has 0 atom stereocenters. The molecule has 0 bridgehead atoms. The highest BCUT2D eigenvalue weighted by molar-refractivity contribution is 5.19. The van der Waals surface area contributed by atoms with Gasteiger partial charge in [0.25, 0.3) is 0 Å². The third-order valence-electron chi connectivity index (χ3n) is 3.20. The van der Waals surface area contributed by atoms with Crippen LogP contribution in [0.3, 0.4) is 0 Å². The van der Waals surface area contributed by atoms with E-state index < -0.39 is 11.6 Å². The van der Waals surface area contributed by atoms with Crippen LogP contribution in [0.5, 0.6) is 0 Å². The minimum Gasteiger partial charge on any atom is -0.298 e. The van der Waals surface area contributed by atoms with Gasteiger partial charge in [-0.05, 0) is 30.9 Å². The van der Waals surface area contributed by atoms with Gasteiger partial charge in [0.2, 0.25) is 0 Å². The standard InChI is InChI=1S/C14H16F2N2/c15-13-3-1-4-14(16)12(13)10-18(8-2-7-17)9-11-5-6-11/h1,3-4,11H,2,5-6,8-10H2. The summed E-state index contributed by atoms with van der Waals surface area (Å²) in [5, 5.41) is 8.62. The SMILES string of the molecule is N#CCCN(Cc1c(F)cccc1F)CC1CC1. The van der Waals surface area contributed by atoms with Gasteiger partial charge in [-0.25, -0.2) is 8.78 Å². The quantitative estimate of drug-likeness (QED) is 0.775. The predicted octanol–water partition coefficient (Wildman–Crippen LogP) is 3.09. The molecule has 0 heterocycles. The van der Waals surface area contributed by atoms with Crippen molar-refractivity contribution >= 4 is 0 Å². The lowest BCUT2D eigenvalue weighted by atomic mass is 10.1. The monoisotopic (exact) mass is 250 g/mol. The van der Waals surface area contributed by atoms with Gasteiger partial charge in [-0.1, -0.05) is 6.07 Å². The molecule has 1 saturated carbocycles. The molecule has 2 rings (SSSR count). The smallest absolute Gasteiger partial charge is 0.130 e. The summed E-state index contributed by atoms with van der Waals surface area (Å²) < 4.78 is 27.1. The first-order valence-electron chi connectivity index (χ1n) is 6.23. The van der Waals surface area contributed by atoms with Crippen molar-refractivity contribution in [1.29, 1.82) is 5.26 Å². The molecule has 0 spiro atoms. The van der Waals surface area contributed by atoms with E-state index in [2.05, 4.69) is 6.07 Å². The number of hydrogen-bond acceptors (Lipinski definition) is 2. The van der Waals surface area contributed by atoms with Crippen LogP contribution in [0.4, 0.5) is 8.78 Å². The molecule has 1 aromatic rings. The minimum absolute atomic E-state index is 0.107. The van der Waals surface area contributed by atoms with Gasteiger partial charge in [0.05, 0.1) is 6.07 Å². The van der Waals surface area contributed by atoms with Crippen molar-refractivity contribution in [3.63, 3.8) is 0 Å². The molecular formula is C14H16F2N2. The maximum atomic E-state index is 13.6. The molecule has 96 valence electrons. The topological polar surface area (TPSA) is 27.0 Å². The average Bonchev–Trinajstić information content (AvgIpc) is 3.14. The van der Waals surface area contributed by atoms with Crippen molar-refractivity contribution in [2.75, 3.05) is 13.1 Å². The van der Waals surface area contributed by atoms with E-state index in [1.165, 1.54) is 31.0 Å². The van der Waals surface area contributed by atoms with E-state index in [1.54, 1.807) is 0 Å². The van der Waals surface area contributed by atoms with Gasteiger partial charge in [-0.15, -0.1) is 0 Å². The first-order chi connectivity index (χ1) is 8.70. The van der Waals surface area contributed by atoms with Crippen molar-refractivity contribution in [2.24, 2.45) is 5.92 Å². The fourth-order valence-corrected chi connectivity index (χ4v) is 2.02. The summed E-state index contributed by atoms with van der Waals surface area (Å²) in [5.41, 5.74) is 0.107. The van der Waals surface area contributed by atoms with Crippen LogP contribution in [0, 0.1) is 28.9 Å². The van der Waals surface area contributed by atoms with Crippen LogP contribution in [-0.2, 0) is 6.54 Å². The second-order valence-electron chi connectivity index (χ2n) is 4.79. The van der Waals surface area contributed by atoms with Crippen LogP contribution >= 0.6 is 0 Å². The molecule has 1 aliphatic carbocycles. The molecule has 18 heavy (non-hydrogen) atoms. The number of nitrogens with zero attached hydrogens (tertiary/aromatic N) is 2. The number of benzene rings is 1. The highest BCUT2D eigenvalue weighted by atomic mass is 19.1. The van der Waals surface area contributed by atoms with Crippen molar-refractivity contribution < 1.29 is 8.78 Å². The van der Waals surface area contributed by atoms with E-state index in [0.717, 1.165) is 6.54 Å². The van der Waals surface area contributed by atoms with Gasteiger partial charge in [-0.2, -0.15) is 5.26 Å². The summed E-state index contributed by atoms with van der Waals surface area (Å²) in [6.07, 6.45) is 2.76. The van der Waals surface area contributed by atoms with Gasteiger partial charge in [0, 0.05) is 31.6 Å². The molecule has 0 radical (unpaired) electrons. The molecule has 0 N–H and O–H groups in total. The van der Waals surface area contributed by atoms with Crippen LogP contribution in [0.25, 0.3) is 0 Å². The lowest BCUT2D eigenvalue weighted by molar-refractivity contribution is 0.252. The molecular weight excluding hydrogens is 234 g/mol. The van der Waals surface area contributed by atoms with E-state index in [4.69, 9.17) is 5.26 Å². The summed E-state index contributed by atoms with van der Waals surface area (Å²) in [4.78, 5) is 1.97. The molecule has 1 aliphatic rings. The normalized spacial score (nSPS) is 14.8. The third-order valence-corrected chi connectivity index (χ3v) is 3.20. The number of nitriles is 1. The van der Waals surface area contributed by atoms with Gasteiger partial charge < -0.3 is 0 Å². The molecule has 2 nitrogen and oxygen atoms in total. The molecule has 0 unspecified atom stereocenters. The van der Waals surface area contributed by atoms with Gasteiger partial charge in [-0.3, -0.25) is 4.90 Å². The predicted molar refractivity (Wildman–Crippen MR) is 64.6 cm³/mol. The molecule has 0 saturated heterocycles. The van der Waals surface area contributed by atoms with Crippen LogP contribution in [0.1, 0.15) is 24.8 Å². The summed E-state index contributed by atoms with van der Waals surface area (Å²) >= 11 is 0. The Labute approximate surface area is 106 Å². The van der Waals surface area contributed by atoms with Crippen LogP contribution < -0.4 is 0 Å². The highest BCUT2D eigenvalue weighted by Gasteiger charge is 2.25. The Hall–Kier alpha value is -1.47. The van der Waals surface area contributed by atoms with Gasteiger partial charge in [0.15, 0.2) is 0 Å². The molecule has 0 aromatic heterocycles. The third kappa shape index (κ3) is 3.51. The Balaban J connectivity index is 2.04. The van der Waals surface area contributed by atoms with Crippen molar-refractivity contribution in [2.45, 2.75) is 25.8 Å². The summed E-state index contributed by atoms with van der Waals surface area (Å²) in [7, 11) is 0. The Morgan fingerprint density at radius 2 is 1.94 bits per heavy atom. The van der Waals surface area contributed by atoms with Crippen molar-refractivity contribution in [3.05, 3.63) is 35.4 Å². The summed E-state index contributed by atoms with van der Waals surface area (Å²) in [5.74, 6) is -0.376. The summed E-state index contributed by atoms with van der Waals surface area (Å²) in [6.45, 7) is 1.65. The number of hydrogen-bond donors (Lipinski definition) is 0. The first-order valence-corrected chi connectivity index (χ1v) is 6.23. The van der Waals surface area contributed by atoms with Gasteiger partial charge in [0.1, 0.15) is 11.6 Å². The van der Waals surface area contributed by atoms with Crippen LogP contribution in [-0.4, -0.2) is 18.0 Å². The van der Waals surface area contributed by atoms with E-state index in [-0.39, 0.29) is 12.1 Å². The Morgan fingerprint density at radius 3 is 2.50 bits per heavy atom. The van der Waals surface area contributed by atoms with E-state index in [1.807, 2.05) is 4.90 Å². The number of rotatable bonds is 6. The maximum Gasteiger partial charge on any atom is 0.130 e. The zero-order valence-electron chi connectivity index (χ0n) is 10.2. The Morgan fingerprint density at radius 1 is 1.28 bits per heavy atom. The fourth-order valence-electron chi connectivity index (χ4n) is 2.02. The largest absolute Gasteiger partial charge is 0.298 e. The molecule has 1 fully saturated rings. The second-order valence-corrected chi connectivity index (χ2v) is 4.79. The molecule has 0 amide bonds. The zero-order valence-corrected chi connectivity index (χ0v) is 10.2. The summed E-state index contributed by atoms with van der Waals surface area (Å²) in [6, 6.07) is 6.00.